The highest BCUT2D eigenvalue weighted by molar-refractivity contribution is 6.00. The van der Waals surface area contributed by atoms with Gasteiger partial charge in [0.2, 0.25) is 5.91 Å². The van der Waals surface area contributed by atoms with E-state index in [0.717, 1.165) is 30.4 Å². The van der Waals surface area contributed by atoms with Gasteiger partial charge in [-0.15, -0.1) is 0 Å². The Morgan fingerprint density at radius 1 is 0.951 bits per heavy atom. The first-order valence-electron chi connectivity index (χ1n) is 14.6. The van der Waals surface area contributed by atoms with Crippen molar-refractivity contribution in [3.05, 3.63) is 58.7 Å². The third-order valence-corrected chi connectivity index (χ3v) is 6.97. The van der Waals surface area contributed by atoms with E-state index in [2.05, 4.69) is 17.6 Å². The third-order valence-electron chi connectivity index (χ3n) is 6.97. The number of ether oxygens (including phenoxy) is 1. The lowest BCUT2D eigenvalue weighted by molar-refractivity contribution is -0.141. The van der Waals surface area contributed by atoms with Crippen LogP contribution in [0.4, 0.5) is 10.5 Å². The third kappa shape index (κ3) is 9.80. The molecule has 0 aliphatic carbocycles. The van der Waals surface area contributed by atoms with Gasteiger partial charge in [0, 0.05) is 12.2 Å². The first kappa shape index (κ1) is 33.7. The summed E-state index contributed by atoms with van der Waals surface area (Å²) >= 11 is 0. The van der Waals surface area contributed by atoms with Gasteiger partial charge in [0.1, 0.15) is 23.4 Å². The van der Waals surface area contributed by atoms with Crippen molar-refractivity contribution in [2.45, 2.75) is 106 Å². The summed E-state index contributed by atoms with van der Waals surface area (Å²) in [4.78, 5) is 42.8. The molecule has 0 heterocycles. The fourth-order valence-corrected chi connectivity index (χ4v) is 4.73. The second-order valence-electron chi connectivity index (χ2n) is 12.2. The number of nitrogens with one attached hydrogen (secondary N) is 2. The number of hydrogen-bond acceptors (Lipinski definition) is 5. The number of anilines is 1. The number of phenolic OH excluding ortho intramolecular Hbond substituents is 1. The number of amides is 3. The van der Waals surface area contributed by atoms with Gasteiger partial charge in [0.05, 0.1) is 0 Å². The van der Waals surface area contributed by atoms with Crippen LogP contribution >= 0.6 is 0 Å². The molecule has 2 rings (SSSR count). The Hall–Kier alpha value is -3.55. The number of unbranched alkanes of at least 4 members (excludes halogenated alkanes) is 3. The van der Waals surface area contributed by atoms with Crippen LogP contribution in [0.3, 0.4) is 0 Å². The number of rotatable bonds is 12. The van der Waals surface area contributed by atoms with Crippen LogP contribution < -0.4 is 10.6 Å². The number of benzene rings is 2. The lowest BCUT2D eigenvalue weighted by Crippen LogP contribution is -2.54. The molecule has 0 aliphatic heterocycles. The number of alkyl carbamates (subject to hydrolysis) is 1. The van der Waals surface area contributed by atoms with Crippen molar-refractivity contribution in [3.8, 4) is 5.75 Å². The Morgan fingerprint density at radius 2 is 1.59 bits per heavy atom. The largest absolute Gasteiger partial charge is 0.508 e. The quantitative estimate of drug-likeness (QED) is 0.240. The Morgan fingerprint density at radius 3 is 2.12 bits per heavy atom. The molecule has 2 aromatic rings. The number of hydrogen-bond donors (Lipinski definition) is 3. The maximum absolute atomic E-state index is 14.3. The Balaban J connectivity index is 2.61. The molecule has 0 saturated heterocycles. The highest BCUT2D eigenvalue weighted by Crippen LogP contribution is 2.30. The molecule has 8 heteroatoms. The Bertz CT molecular complexity index is 1180. The molecule has 0 spiro atoms. The average molecular weight is 568 g/mol. The van der Waals surface area contributed by atoms with Gasteiger partial charge < -0.3 is 25.4 Å². The van der Waals surface area contributed by atoms with Gasteiger partial charge in [-0.2, -0.15) is 0 Å². The fraction of sp³-hybridized carbons (Fsp3) is 0.545. The van der Waals surface area contributed by atoms with Crippen molar-refractivity contribution in [2.75, 3.05) is 11.9 Å². The zero-order chi connectivity index (χ0) is 30.9. The van der Waals surface area contributed by atoms with Crippen molar-refractivity contribution in [3.63, 3.8) is 0 Å². The standard InChI is InChI=1S/C33H49N3O5/c1-10-11-12-13-19-36(31(39)27(21(2)3)35-32(40)41-33(7,8)9)29(25-17-18-26(37)24(6)20-25)30(38)34-28-22(4)15-14-16-23(28)5/h14-18,20-21,27,29,37H,10-13,19H2,1-9H3,(H,34,38)(H,35,40). The minimum atomic E-state index is -0.996. The summed E-state index contributed by atoms with van der Waals surface area (Å²) in [5.41, 5.74) is 2.96. The molecule has 2 atom stereocenters. The molecule has 0 fully saturated rings. The van der Waals surface area contributed by atoms with Gasteiger partial charge in [0.15, 0.2) is 0 Å². The molecule has 226 valence electrons. The Labute approximate surface area is 245 Å². The fourth-order valence-electron chi connectivity index (χ4n) is 4.73. The summed E-state index contributed by atoms with van der Waals surface area (Å²) in [5.74, 6) is -0.891. The maximum Gasteiger partial charge on any atom is 0.408 e. The van der Waals surface area contributed by atoms with Crippen molar-refractivity contribution in [1.82, 2.24) is 10.2 Å². The molecular weight excluding hydrogens is 518 g/mol. The maximum atomic E-state index is 14.3. The first-order chi connectivity index (χ1) is 19.2. The summed E-state index contributed by atoms with van der Waals surface area (Å²) in [6.07, 6.45) is 2.93. The van der Waals surface area contributed by atoms with Crippen molar-refractivity contribution in [2.24, 2.45) is 5.92 Å². The number of carbonyl (C=O) groups is 3. The van der Waals surface area contributed by atoms with Crippen molar-refractivity contribution >= 4 is 23.6 Å². The highest BCUT2D eigenvalue weighted by Gasteiger charge is 2.37. The zero-order valence-electron chi connectivity index (χ0n) is 26.3. The van der Waals surface area contributed by atoms with Crippen LogP contribution in [0.2, 0.25) is 0 Å². The lowest BCUT2D eigenvalue weighted by Gasteiger charge is -2.36. The Kier molecular flexibility index (Phi) is 12.2. The van der Waals surface area contributed by atoms with E-state index in [0.29, 0.717) is 29.8 Å². The normalized spacial score (nSPS) is 12.9. The van der Waals surface area contributed by atoms with E-state index in [-0.39, 0.29) is 23.5 Å². The van der Waals surface area contributed by atoms with E-state index in [1.165, 1.54) is 0 Å². The van der Waals surface area contributed by atoms with E-state index < -0.39 is 23.8 Å². The van der Waals surface area contributed by atoms with Gasteiger partial charge >= 0.3 is 6.09 Å². The van der Waals surface area contributed by atoms with Gasteiger partial charge in [-0.1, -0.05) is 64.3 Å². The second kappa shape index (κ2) is 14.9. The number of nitrogens with zero attached hydrogens (tertiary/aromatic N) is 1. The van der Waals surface area contributed by atoms with Crippen LogP contribution in [-0.2, 0) is 14.3 Å². The van der Waals surface area contributed by atoms with Gasteiger partial charge in [-0.05, 0) is 88.3 Å². The second-order valence-corrected chi connectivity index (χ2v) is 12.2. The smallest absolute Gasteiger partial charge is 0.408 e. The van der Waals surface area contributed by atoms with Crippen LogP contribution in [-0.4, -0.2) is 46.1 Å². The molecule has 0 saturated carbocycles. The minimum Gasteiger partial charge on any atom is -0.508 e. The predicted octanol–water partition coefficient (Wildman–Crippen LogP) is 6.96. The van der Waals surface area contributed by atoms with Gasteiger partial charge in [0.25, 0.3) is 5.91 Å². The number of carbonyl (C=O) groups excluding carboxylic acids is 3. The SMILES string of the molecule is CCCCCCN(C(=O)C(NC(=O)OC(C)(C)C)C(C)C)C(C(=O)Nc1c(C)cccc1C)c1ccc(O)c(C)c1. The van der Waals surface area contributed by atoms with E-state index in [1.54, 1.807) is 50.8 Å². The molecule has 2 unspecified atom stereocenters. The minimum absolute atomic E-state index is 0.107. The summed E-state index contributed by atoms with van der Waals surface area (Å²) in [7, 11) is 0. The molecule has 3 amide bonds. The molecule has 8 nitrogen and oxygen atoms in total. The summed E-state index contributed by atoms with van der Waals surface area (Å²) < 4.78 is 5.46. The van der Waals surface area contributed by atoms with Crippen LogP contribution in [0.15, 0.2) is 36.4 Å². The summed E-state index contributed by atoms with van der Waals surface area (Å²) in [5, 5.41) is 16.1. The molecule has 41 heavy (non-hydrogen) atoms. The van der Waals surface area contributed by atoms with Crippen LogP contribution in [0.5, 0.6) is 5.75 Å². The lowest BCUT2D eigenvalue weighted by atomic mass is 9.97. The molecule has 0 radical (unpaired) electrons. The van der Waals surface area contributed by atoms with Crippen LogP contribution in [0, 0.1) is 26.7 Å². The van der Waals surface area contributed by atoms with Crippen molar-refractivity contribution in [1.29, 1.82) is 0 Å². The zero-order valence-corrected chi connectivity index (χ0v) is 26.3. The summed E-state index contributed by atoms with van der Waals surface area (Å²) in [6, 6.07) is 8.83. The number of para-hydroxylation sites is 1. The topological polar surface area (TPSA) is 108 Å². The average Bonchev–Trinajstić information content (AvgIpc) is 2.87. The van der Waals surface area contributed by atoms with Gasteiger partial charge in [-0.3, -0.25) is 9.59 Å². The van der Waals surface area contributed by atoms with E-state index in [9.17, 15) is 19.5 Å². The highest BCUT2D eigenvalue weighted by atomic mass is 16.6. The van der Waals surface area contributed by atoms with Crippen LogP contribution in [0.1, 0.15) is 95.5 Å². The molecule has 0 aromatic heterocycles. The first-order valence-corrected chi connectivity index (χ1v) is 14.6. The number of aromatic hydroxyl groups is 1. The monoisotopic (exact) mass is 567 g/mol. The van der Waals surface area contributed by atoms with Gasteiger partial charge in [-0.25, -0.2) is 4.79 Å². The molecule has 3 N–H and O–H groups in total. The summed E-state index contributed by atoms with van der Waals surface area (Å²) in [6.45, 7) is 17.0. The predicted molar refractivity (Wildman–Crippen MR) is 164 cm³/mol. The van der Waals surface area contributed by atoms with Crippen molar-refractivity contribution < 1.29 is 24.2 Å². The number of aryl methyl sites for hydroxylation is 3. The molecule has 0 aliphatic rings. The van der Waals surface area contributed by atoms with E-state index >= 15 is 0 Å². The van der Waals surface area contributed by atoms with E-state index in [1.807, 2.05) is 45.9 Å². The molecule has 0 bridgehead atoms. The molecule has 2 aromatic carbocycles. The van der Waals surface area contributed by atoms with Crippen LogP contribution in [0.25, 0.3) is 0 Å². The van der Waals surface area contributed by atoms with E-state index in [4.69, 9.17) is 4.74 Å². The molecular formula is C33H49N3O5. The number of phenols is 1.